The van der Waals surface area contributed by atoms with Gasteiger partial charge in [-0.3, -0.25) is 9.10 Å². The van der Waals surface area contributed by atoms with Crippen LogP contribution in [0.25, 0.3) is 0 Å². The number of carbonyl (C=O) groups excluding carboxylic acids is 1. The number of benzene rings is 3. The Bertz CT molecular complexity index is 1150. The van der Waals surface area contributed by atoms with Crippen LogP contribution in [-0.2, 0) is 14.8 Å². The molecular formula is C23H22Cl2N2O3S. The molecule has 0 saturated heterocycles. The average Bonchev–Trinajstić information content (AvgIpc) is 2.70. The Kier molecular flexibility index (Phi) is 7.26. The first-order valence-corrected chi connectivity index (χ1v) is 12.1. The lowest BCUT2D eigenvalue weighted by molar-refractivity contribution is -0.120. The topological polar surface area (TPSA) is 66.5 Å². The molecule has 1 atom stereocenters. The first kappa shape index (κ1) is 23.1. The molecule has 0 aromatic heterocycles. The molecule has 3 aromatic rings. The van der Waals surface area contributed by atoms with Gasteiger partial charge in [0.25, 0.3) is 0 Å². The van der Waals surface area contributed by atoms with E-state index < -0.39 is 28.5 Å². The second-order valence-corrected chi connectivity index (χ2v) is 10.00. The molecule has 5 nitrogen and oxygen atoms in total. The summed E-state index contributed by atoms with van der Waals surface area (Å²) < 4.78 is 25.8. The number of nitrogens with zero attached hydrogens (tertiary/aromatic N) is 1. The van der Waals surface area contributed by atoms with Crippen LogP contribution in [0.3, 0.4) is 0 Å². The minimum Gasteiger partial charge on any atom is -0.344 e. The Morgan fingerprint density at radius 3 is 2.03 bits per heavy atom. The van der Waals surface area contributed by atoms with Crippen LogP contribution in [-0.4, -0.2) is 27.1 Å². The fourth-order valence-corrected chi connectivity index (χ4v) is 4.54. The first-order chi connectivity index (χ1) is 14.6. The monoisotopic (exact) mass is 476 g/mol. The van der Waals surface area contributed by atoms with Crippen molar-refractivity contribution in [2.75, 3.05) is 17.1 Å². The van der Waals surface area contributed by atoms with Crippen molar-refractivity contribution in [2.24, 2.45) is 0 Å². The van der Waals surface area contributed by atoms with Gasteiger partial charge in [-0.1, -0.05) is 83.4 Å². The molecule has 0 saturated carbocycles. The number of hydrogen-bond acceptors (Lipinski definition) is 3. The van der Waals surface area contributed by atoms with Gasteiger partial charge in [-0.05, 0) is 36.2 Å². The van der Waals surface area contributed by atoms with E-state index in [1.54, 1.807) is 0 Å². The van der Waals surface area contributed by atoms with Crippen LogP contribution >= 0.6 is 23.2 Å². The van der Waals surface area contributed by atoms with Gasteiger partial charge < -0.3 is 5.32 Å². The van der Waals surface area contributed by atoms with Gasteiger partial charge in [-0.25, -0.2) is 8.42 Å². The third kappa shape index (κ3) is 6.23. The van der Waals surface area contributed by atoms with E-state index in [1.807, 2.05) is 61.5 Å². The molecule has 0 aliphatic carbocycles. The van der Waals surface area contributed by atoms with Gasteiger partial charge in [0.1, 0.15) is 6.54 Å². The SMILES string of the molecule is Cc1ccc(C(NC(=O)CN(c2cc(Cl)cc(Cl)c2)S(C)(=O)=O)c2ccccc2)cc1. The van der Waals surface area contributed by atoms with Crippen LogP contribution in [0.1, 0.15) is 22.7 Å². The third-order valence-electron chi connectivity index (χ3n) is 4.67. The molecule has 0 bridgehead atoms. The number of halogens is 2. The molecule has 3 aromatic carbocycles. The smallest absolute Gasteiger partial charge is 0.241 e. The standard InChI is InChI=1S/C23H22Cl2N2O3S/c1-16-8-10-18(11-9-16)23(17-6-4-3-5-7-17)26-22(28)15-27(31(2,29)30)21-13-19(24)12-20(25)14-21/h3-14,23H,15H2,1-2H3,(H,26,28). The molecule has 8 heteroatoms. The minimum atomic E-state index is -3.76. The predicted molar refractivity (Wildman–Crippen MR) is 126 cm³/mol. The largest absolute Gasteiger partial charge is 0.344 e. The maximum absolute atomic E-state index is 13.0. The molecule has 0 radical (unpaired) electrons. The molecule has 0 aliphatic heterocycles. The van der Waals surface area contributed by atoms with E-state index in [1.165, 1.54) is 18.2 Å². The molecule has 1 unspecified atom stereocenters. The van der Waals surface area contributed by atoms with Gasteiger partial charge in [0.05, 0.1) is 18.0 Å². The average molecular weight is 477 g/mol. The van der Waals surface area contributed by atoms with Crippen LogP contribution in [0.2, 0.25) is 10.0 Å². The number of sulfonamides is 1. The lowest BCUT2D eigenvalue weighted by Gasteiger charge is -2.25. The van der Waals surface area contributed by atoms with E-state index in [0.29, 0.717) is 0 Å². The first-order valence-electron chi connectivity index (χ1n) is 9.48. The predicted octanol–water partition coefficient (Wildman–Crippen LogP) is 4.97. The number of carbonyl (C=O) groups is 1. The van der Waals surface area contributed by atoms with E-state index in [4.69, 9.17) is 23.2 Å². The van der Waals surface area contributed by atoms with E-state index in [2.05, 4.69) is 5.32 Å². The van der Waals surface area contributed by atoms with E-state index in [0.717, 1.165) is 27.3 Å². The normalized spacial score (nSPS) is 12.3. The summed E-state index contributed by atoms with van der Waals surface area (Å²) in [4.78, 5) is 13.0. The van der Waals surface area contributed by atoms with Crippen LogP contribution < -0.4 is 9.62 Å². The maximum atomic E-state index is 13.0. The Labute approximate surface area is 192 Å². The Morgan fingerprint density at radius 2 is 1.48 bits per heavy atom. The zero-order chi connectivity index (χ0) is 22.6. The highest BCUT2D eigenvalue weighted by Gasteiger charge is 2.24. The summed E-state index contributed by atoms with van der Waals surface area (Å²) in [5.74, 6) is -0.462. The van der Waals surface area contributed by atoms with Crippen molar-refractivity contribution in [3.05, 3.63) is 99.5 Å². The summed E-state index contributed by atoms with van der Waals surface area (Å²) in [6.07, 6.45) is 1.03. The second-order valence-electron chi connectivity index (χ2n) is 7.22. The summed E-state index contributed by atoms with van der Waals surface area (Å²) in [6, 6.07) is 21.3. The third-order valence-corrected chi connectivity index (χ3v) is 6.25. The summed E-state index contributed by atoms with van der Waals surface area (Å²) in [5, 5.41) is 3.51. The number of amides is 1. The van der Waals surface area contributed by atoms with Crippen molar-refractivity contribution >= 4 is 44.8 Å². The van der Waals surface area contributed by atoms with Crippen LogP contribution in [0, 0.1) is 6.92 Å². The van der Waals surface area contributed by atoms with Crippen molar-refractivity contribution < 1.29 is 13.2 Å². The summed E-state index contributed by atoms with van der Waals surface area (Å²) in [6.45, 7) is 1.57. The minimum absolute atomic E-state index is 0.224. The Hall–Kier alpha value is -2.54. The van der Waals surface area contributed by atoms with Gasteiger partial charge in [0, 0.05) is 10.0 Å². The van der Waals surface area contributed by atoms with Gasteiger partial charge in [0.15, 0.2) is 0 Å². The van der Waals surface area contributed by atoms with Crippen LogP contribution in [0.15, 0.2) is 72.8 Å². The van der Waals surface area contributed by atoms with Gasteiger partial charge in [-0.2, -0.15) is 0 Å². The number of nitrogens with one attached hydrogen (secondary N) is 1. The molecule has 0 aliphatic rings. The second kappa shape index (κ2) is 9.73. The highest BCUT2D eigenvalue weighted by molar-refractivity contribution is 7.92. The Balaban J connectivity index is 1.90. The lowest BCUT2D eigenvalue weighted by atomic mass is 9.98. The van der Waals surface area contributed by atoms with E-state index in [-0.39, 0.29) is 15.7 Å². The molecular weight excluding hydrogens is 455 g/mol. The van der Waals surface area contributed by atoms with Crippen LogP contribution in [0.4, 0.5) is 5.69 Å². The molecule has 31 heavy (non-hydrogen) atoms. The highest BCUT2D eigenvalue weighted by atomic mass is 35.5. The van der Waals surface area contributed by atoms with E-state index in [9.17, 15) is 13.2 Å². The molecule has 0 fully saturated rings. The Morgan fingerprint density at radius 1 is 0.935 bits per heavy atom. The van der Waals surface area contributed by atoms with Gasteiger partial charge >= 0.3 is 0 Å². The molecule has 1 amide bonds. The fraction of sp³-hybridized carbons (Fsp3) is 0.174. The fourth-order valence-electron chi connectivity index (χ4n) is 3.18. The zero-order valence-electron chi connectivity index (χ0n) is 17.0. The molecule has 0 spiro atoms. The summed E-state index contributed by atoms with van der Waals surface area (Å²) >= 11 is 12.1. The van der Waals surface area contributed by atoms with Crippen molar-refractivity contribution in [3.63, 3.8) is 0 Å². The molecule has 1 N–H and O–H groups in total. The quantitative estimate of drug-likeness (QED) is 0.523. The van der Waals surface area contributed by atoms with Gasteiger partial charge in [-0.15, -0.1) is 0 Å². The zero-order valence-corrected chi connectivity index (χ0v) is 19.4. The number of rotatable bonds is 7. The molecule has 162 valence electrons. The molecule has 3 rings (SSSR count). The van der Waals surface area contributed by atoms with E-state index >= 15 is 0 Å². The van der Waals surface area contributed by atoms with Crippen molar-refractivity contribution in [1.82, 2.24) is 5.32 Å². The summed E-state index contributed by atoms with van der Waals surface area (Å²) in [7, 11) is -3.76. The highest BCUT2D eigenvalue weighted by Crippen LogP contribution is 2.27. The van der Waals surface area contributed by atoms with Crippen molar-refractivity contribution in [2.45, 2.75) is 13.0 Å². The van der Waals surface area contributed by atoms with Crippen molar-refractivity contribution in [1.29, 1.82) is 0 Å². The number of anilines is 1. The number of aryl methyl sites for hydroxylation is 1. The van der Waals surface area contributed by atoms with Crippen molar-refractivity contribution in [3.8, 4) is 0 Å². The number of hydrogen-bond donors (Lipinski definition) is 1. The maximum Gasteiger partial charge on any atom is 0.241 e. The lowest BCUT2D eigenvalue weighted by Crippen LogP contribution is -2.41. The molecule has 0 heterocycles. The summed E-state index contributed by atoms with van der Waals surface area (Å²) in [5.41, 5.74) is 3.10. The van der Waals surface area contributed by atoms with Gasteiger partial charge in [0.2, 0.25) is 15.9 Å². The van der Waals surface area contributed by atoms with Crippen LogP contribution in [0.5, 0.6) is 0 Å².